The average Bonchev–Trinajstić information content (AvgIpc) is 3.44. The predicted octanol–water partition coefficient (Wildman–Crippen LogP) is 2.09. The van der Waals surface area contributed by atoms with Gasteiger partial charge in [-0.3, -0.25) is 19.0 Å². The molecule has 32 heavy (non-hydrogen) atoms. The van der Waals surface area contributed by atoms with Gasteiger partial charge in [0, 0.05) is 25.5 Å². The summed E-state index contributed by atoms with van der Waals surface area (Å²) in [6.07, 6.45) is 5.15. The molecule has 0 radical (unpaired) electrons. The summed E-state index contributed by atoms with van der Waals surface area (Å²) in [6, 6.07) is 7.55. The summed E-state index contributed by atoms with van der Waals surface area (Å²) in [5, 5.41) is 17.2. The van der Waals surface area contributed by atoms with Crippen molar-refractivity contribution >= 4 is 11.9 Å². The van der Waals surface area contributed by atoms with Gasteiger partial charge in [-0.25, -0.2) is 0 Å². The average molecular weight is 441 g/mol. The molecular formula is C22H27N5O5. The van der Waals surface area contributed by atoms with Crippen LogP contribution in [0.15, 0.2) is 42.9 Å². The number of carbonyl (C=O) groups is 2. The van der Waals surface area contributed by atoms with Gasteiger partial charge in [-0.1, -0.05) is 6.07 Å². The number of benzene rings is 1. The Kier molecular flexibility index (Phi) is 7.48. The summed E-state index contributed by atoms with van der Waals surface area (Å²) < 4.78 is 13.7. The fourth-order valence-electron chi connectivity index (χ4n) is 3.41. The molecule has 3 rings (SSSR count). The van der Waals surface area contributed by atoms with Gasteiger partial charge in [0.1, 0.15) is 6.54 Å². The summed E-state index contributed by atoms with van der Waals surface area (Å²) in [7, 11) is 3.16. The van der Waals surface area contributed by atoms with Crippen molar-refractivity contribution in [1.29, 1.82) is 0 Å². The number of aromatic nitrogens is 4. The third kappa shape index (κ3) is 5.45. The first-order valence-corrected chi connectivity index (χ1v) is 10.2. The zero-order valence-electron chi connectivity index (χ0n) is 18.4. The van der Waals surface area contributed by atoms with Crippen LogP contribution in [0.1, 0.15) is 28.5 Å². The largest absolute Gasteiger partial charge is 0.493 e. The molecule has 1 amide bonds. The Labute approximate surface area is 186 Å². The second kappa shape index (κ2) is 10.5. The number of ether oxygens (including phenoxy) is 2. The van der Waals surface area contributed by atoms with Crippen LogP contribution in [-0.4, -0.2) is 62.2 Å². The normalized spacial score (nSPS) is 10.7. The Bertz CT molecular complexity index is 1070. The Morgan fingerprint density at radius 1 is 1.12 bits per heavy atom. The van der Waals surface area contributed by atoms with Gasteiger partial charge < -0.3 is 19.5 Å². The fourth-order valence-corrected chi connectivity index (χ4v) is 3.41. The number of hydrogen-bond acceptors (Lipinski definition) is 6. The molecule has 1 N–H and O–H groups in total. The van der Waals surface area contributed by atoms with E-state index in [9.17, 15) is 9.59 Å². The molecule has 170 valence electrons. The van der Waals surface area contributed by atoms with Crippen LogP contribution in [0, 0.1) is 0 Å². The van der Waals surface area contributed by atoms with Crippen molar-refractivity contribution in [2.45, 2.75) is 33.0 Å². The maximum absolute atomic E-state index is 13.3. The SMILES string of the molecule is CCn1nccc1CN(CCc1ccc(OC)c(OC)c1)C(=O)c1cnn(CC(=O)O)c1. The number of amides is 1. The van der Waals surface area contributed by atoms with E-state index < -0.39 is 5.97 Å². The zero-order valence-corrected chi connectivity index (χ0v) is 18.4. The van der Waals surface area contributed by atoms with Crippen molar-refractivity contribution in [3.8, 4) is 11.5 Å². The first-order valence-electron chi connectivity index (χ1n) is 10.2. The summed E-state index contributed by atoms with van der Waals surface area (Å²) in [5.41, 5.74) is 2.23. The number of hydrogen-bond donors (Lipinski definition) is 1. The van der Waals surface area contributed by atoms with Crippen molar-refractivity contribution in [2.75, 3.05) is 20.8 Å². The highest BCUT2D eigenvalue weighted by molar-refractivity contribution is 5.93. The number of carboxylic acids is 1. The van der Waals surface area contributed by atoms with Gasteiger partial charge in [0.2, 0.25) is 0 Å². The van der Waals surface area contributed by atoms with E-state index in [1.165, 1.54) is 17.1 Å². The molecule has 10 nitrogen and oxygen atoms in total. The molecule has 0 saturated heterocycles. The summed E-state index contributed by atoms with van der Waals surface area (Å²) >= 11 is 0. The second-order valence-corrected chi connectivity index (χ2v) is 7.12. The highest BCUT2D eigenvalue weighted by atomic mass is 16.5. The standard InChI is InChI=1S/C22H27N5O5/c1-4-27-18(7-9-23-27)14-25(22(30)17-12-24-26(13-17)15-21(28)29)10-8-16-5-6-19(31-2)20(11-16)32-3/h5-7,9,11-13H,4,8,10,14-15H2,1-3H3,(H,28,29). The number of methoxy groups -OCH3 is 2. The van der Waals surface area contributed by atoms with Crippen molar-refractivity contribution < 1.29 is 24.2 Å². The molecular weight excluding hydrogens is 414 g/mol. The molecule has 1 aromatic carbocycles. The lowest BCUT2D eigenvalue weighted by molar-refractivity contribution is -0.137. The fraction of sp³-hybridized carbons (Fsp3) is 0.364. The lowest BCUT2D eigenvalue weighted by Gasteiger charge is -2.23. The van der Waals surface area contributed by atoms with Gasteiger partial charge in [-0.05, 0) is 37.1 Å². The Balaban J connectivity index is 1.81. The van der Waals surface area contributed by atoms with Crippen LogP contribution < -0.4 is 9.47 Å². The lowest BCUT2D eigenvalue weighted by atomic mass is 10.1. The van der Waals surface area contributed by atoms with E-state index in [0.717, 1.165) is 11.3 Å². The van der Waals surface area contributed by atoms with E-state index in [2.05, 4.69) is 10.2 Å². The molecule has 0 bridgehead atoms. The van der Waals surface area contributed by atoms with Gasteiger partial charge >= 0.3 is 5.97 Å². The molecule has 0 atom stereocenters. The van der Waals surface area contributed by atoms with Gasteiger partial charge in [-0.15, -0.1) is 0 Å². The number of carbonyl (C=O) groups excluding carboxylic acids is 1. The molecule has 3 aromatic rings. The maximum atomic E-state index is 13.3. The van der Waals surface area contributed by atoms with E-state index in [-0.39, 0.29) is 12.5 Å². The maximum Gasteiger partial charge on any atom is 0.325 e. The molecule has 0 aliphatic rings. The molecule has 0 fully saturated rings. The van der Waals surface area contributed by atoms with Gasteiger partial charge in [0.15, 0.2) is 11.5 Å². The third-order valence-electron chi connectivity index (χ3n) is 5.04. The quantitative estimate of drug-likeness (QED) is 0.485. The van der Waals surface area contributed by atoms with Gasteiger partial charge in [0.25, 0.3) is 5.91 Å². The van der Waals surface area contributed by atoms with Crippen LogP contribution in [0.5, 0.6) is 11.5 Å². The molecule has 0 aliphatic carbocycles. The zero-order chi connectivity index (χ0) is 23.1. The van der Waals surface area contributed by atoms with Crippen molar-refractivity contribution in [2.24, 2.45) is 0 Å². The summed E-state index contributed by atoms with van der Waals surface area (Å²) in [4.78, 5) is 25.9. The van der Waals surface area contributed by atoms with Crippen LogP contribution >= 0.6 is 0 Å². The van der Waals surface area contributed by atoms with E-state index in [1.54, 1.807) is 25.3 Å². The predicted molar refractivity (Wildman–Crippen MR) is 116 cm³/mol. The third-order valence-corrected chi connectivity index (χ3v) is 5.04. The molecule has 0 unspecified atom stereocenters. The van der Waals surface area contributed by atoms with Crippen LogP contribution in [0.4, 0.5) is 0 Å². The molecule has 0 spiro atoms. The van der Waals surface area contributed by atoms with Gasteiger partial charge in [0.05, 0.1) is 38.2 Å². The van der Waals surface area contributed by atoms with E-state index >= 15 is 0 Å². The highest BCUT2D eigenvalue weighted by Gasteiger charge is 2.20. The van der Waals surface area contributed by atoms with Crippen molar-refractivity contribution in [3.05, 3.63) is 59.7 Å². The number of nitrogens with zero attached hydrogens (tertiary/aromatic N) is 5. The minimum Gasteiger partial charge on any atom is -0.493 e. The van der Waals surface area contributed by atoms with Crippen molar-refractivity contribution in [1.82, 2.24) is 24.5 Å². The first kappa shape index (κ1) is 22.9. The topological polar surface area (TPSA) is 112 Å². The second-order valence-electron chi connectivity index (χ2n) is 7.12. The van der Waals surface area contributed by atoms with Gasteiger partial charge in [-0.2, -0.15) is 10.2 Å². The minimum absolute atomic E-state index is 0.231. The Morgan fingerprint density at radius 2 is 1.91 bits per heavy atom. The summed E-state index contributed by atoms with van der Waals surface area (Å²) in [5.74, 6) is 0.0129. The highest BCUT2D eigenvalue weighted by Crippen LogP contribution is 2.28. The molecule has 0 saturated carbocycles. The Morgan fingerprint density at radius 3 is 2.59 bits per heavy atom. The smallest absolute Gasteiger partial charge is 0.325 e. The van der Waals surface area contributed by atoms with Crippen LogP contribution in [0.2, 0.25) is 0 Å². The summed E-state index contributed by atoms with van der Waals surface area (Å²) in [6.45, 7) is 3.18. The van der Waals surface area contributed by atoms with Crippen molar-refractivity contribution in [3.63, 3.8) is 0 Å². The van der Waals surface area contributed by atoms with E-state index in [1.807, 2.05) is 35.9 Å². The molecule has 2 aromatic heterocycles. The minimum atomic E-state index is -1.02. The number of aliphatic carboxylic acids is 1. The molecule has 10 heteroatoms. The van der Waals surface area contributed by atoms with E-state index in [4.69, 9.17) is 14.6 Å². The number of carboxylic acid groups (broad SMARTS) is 1. The first-order chi connectivity index (χ1) is 15.4. The number of aryl methyl sites for hydroxylation is 1. The van der Waals surface area contributed by atoms with Crippen LogP contribution in [0.3, 0.4) is 0 Å². The molecule has 0 aliphatic heterocycles. The van der Waals surface area contributed by atoms with Crippen LogP contribution in [0.25, 0.3) is 0 Å². The van der Waals surface area contributed by atoms with E-state index in [0.29, 0.717) is 43.1 Å². The molecule has 2 heterocycles. The Hall–Kier alpha value is -3.82. The lowest BCUT2D eigenvalue weighted by Crippen LogP contribution is -2.33. The number of rotatable bonds is 11. The monoisotopic (exact) mass is 441 g/mol. The van der Waals surface area contributed by atoms with Crippen LogP contribution in [-0.2, 0) is 30.8 Å².